The molecule has 2 N–H and O–H groups in total. The van der Waals surface area contributed by atoms with Crippen LogP contribution in [0.15, 0.2) is 24.3 Å². The monoisotopic (exact) mass is 512 g/mol. The second-order valence-corrected chi connectivity index (χ2v) is 8.70. The van der Waals surface area contributed by atoms with Crippen molar-refractivity contribution in [1.29, 1.82) is 0 Å². The maximum absolute atomic E-state index is 12.4. The van der Waals surface area contributed by atoms with Crippen molar-refractivity contribution in [2.75, 3.05) is 13.2 Å². The first-order chi connectivity index (χ1) is 15.7. The van der Waals surface area contributed by atoms with Crippen molar-refractivity contribution < 1.29 is 36.6 Å². The first-order valence-corrected chi connectivity index (χ1v) is 13.2. The van der Waals surface area contributed by atoms with Gasteiger partial charge in [-0.1, -0.05) is 90.2 Å². The normalized spacial score (nSPS) is 10.5. The number of carbonyl (C=O) groups is 2. The molecule has 0 saturated heterocycles. The molecule has 0 saturated carbocycles. The molecular formula is C24H41NaO8S. The Morgan fingerprint density at radius 3 is 1.29 bits per heavy atom. The van der Waals surface area contributed by atoms with Crippen LogP contribution in [0.3, 0.4) is 0 Å². The van der Waals surface area contributed by atoms with Gasteiger partial charge >= 0.3 is 51.9 Å². The fourth-order valence-electron chi connectivity index (χ4n) is 3.09. The van der Waals surface area contributed by atoms with Crippen LogP contribution in [-0.2, 0) is 19.9 Å². The van der Waals surface area contributed by atoms with Gasteiger partial charge in [0, 0.05) is 0 Å². The number of rotatable bonds is 16. The molecule has 0 bridgehead atoms. The van der Waals surface area contributed by atoms with Crippen LogP contribution in [0.25, 0.3) is 0 Å². The summed E-state index contributed by atoms with van der Waals surface area (Å²) >= 11 is 0. The zero-order valence-corrected chi connectivity index (χ0v) is 20.8. The molecule has 0 amide bonds. The van der Waals surface area contributed by atoms with Gasteiger partial charge in [-0.05, 0) is 25.0 Å². The molecule has 1 aromatic carbocycles. The molecule has 0 aliphatic heterocycles. The molecule has 34 heavy (non-hydrogen) atoms. The van der Waals surface area contributed by atoms with E-state index in [1.165, 1.54) is 51.4 Å². The number of ether oxygens (including phenoxy) is 2. The Labute approximate surface area is 227 Å². The molecule has 0 unspecified atom stereocenters. The van der Waals surface area contributed by atoms with Gasteiger partial charge in [0.15, 0.2) is 0 Å². The summed E-state index contributed by atoms with van der Waals surface area (Å²) in [6.45, 7) is 5.17. The van der Waals surface area contributed by atoms with Crippen LogP contribution in [0.5, 0.6) is 0 Å². The number of hydrogen-bond donors (Lipinski definition) is 2. The zero-order valence-electron chi connectivity index (χ0n) is 20.0. The van der Waals surface area contributed by atoms with Crippen molar-refractivity contribution >= 4 is 51.9 Å². The first-order valence-electron chi connectivity index (χ1n) is 11.8. The van der Waals surface area contributed by atoms with Gasteiger partial charge in [0.25, 0.3) is 0 Å². The quantitative estimate of drug-likeness (QED) is 0.130. The van der Waals surface area contributed by atoms with Crippen LogP contribution in [0, 0.1) is 0 Å². The average molecular weight is 513 g/mol. The SMILES string of the molecule is CCCCCCCCOC(=O)c1ccccc1C(=O)OCCCCCCCC.O=S(=O)(O)O.[NaH]. The molecule has 0 heterocycles. The maximum atomic E-state index is 12.4. The van der Waals surface area contributed by atoms with Crippen molar-refractivity contribution in [2.45, 2.75) is 90.9 Å². The van der Waals surface area contributed by atoms with Crippen molar-refractivity contribution in [3.63, 3.8) is 0 Å². The summed E-state index contributed by atoms with van der Waals surface area (Å²) in [5, 5.41) is 0. The minimum absolute atomic E-state index is 0. The van der Waals surface area contributed by atoms with Gasteiger partial charge in [0.2, 0.25) is 0 Å². The predicted molar refractivity (Wildman–Crippen MR) is 135 cm³/mol. The van der Waals surface area contributed by atoms with Gasteiger partial charge in [0.1, 0.15) is 0 Å². The molecular weight excluding hydrogens is 471 g/mol. The molecule has 10 heteroatoms. The van der Waals surface area contributed by atoms with E-state index in [9.17, 15) is 9.59 Å². The second kappa shape index (κ2) is 22.5. The van der Waals surface area contributed by atoms with Gasteiger partial charge in [-0.2, -0.15) is 8.42 Å². The molecule has 0 aliphatic carbocycles. The van der Waals surface area contributed by atoms with E-state index in [0.29, 0.717) is 24.3 Å². The van der Waals surface area contributed by atoms with E-state index < -0.39 is 22.3 Å². The van der Waals surface area contributed by atoms with Crippen LogP contribution in [0.1, 0.15) is 112 Å². The van der Waals surface area contributed by atoms with Crippen molar-refractivity contribution in [2.24, 2.45) is 0 Å². The van der Waals surface area contributed by atoms with Gasteiger partial charge in [-0.3, -0.25) is 9.11 Å². The Kier molecular flexibility index (Phi) is 23.3. The first kappa shape index (κ1) is 35.2. The summed E-state index contributed by atoms with van der Waals surface area (Å²) in [5.41, 5.74) is 0.586. The summed E-state index contributed by atoms with van der Waals surface area (Å²) in [6, 6.07) is 6.74. The molecule has 0 aromatic heterocycles. The average Bonchev–Trinajstić information content (AvgIpc) is 2.76. The summed E-state index contributed by atoms with van der Waals surface area (Å²) < 4.78 is 42.3. The zero-order chi connectivity index (χ0) is 25.0. The molecule has 0 aliphatic rings. The van der Waals surface area contributed by atoms with Gasteiger partial charge < -0.3 is 9.47 Å². The topological polar surface area (TPSA) is 127 Å². The van der Waals surface area contributed by atoms with Crippen LogP contribution in [0.2, 0.25) is 0 Å². The van der Waals surface area contributed by atoms with E-state index in [2.05, 4.69) is 13.8 Å². The number of esters is 2. The summed E-state index contributed by atoms with van der Waals surface area (Å²) in [5.74, 6) is -0.888. The third-order valence-electron chi connectivity index (χ3n) is 4.83. The summed E-state index contributed by atoms with van der Waals surface area (Å²) in [7, 11) is -4.67. The van der Waals surface area contributed by atoms with Crippen LogP contribution < -0.4 is 0 Å². The Morgan fingerprint density at radius 2 is 0.971 bits per heavy atom. The van der Waals surface area contributed by atoms with Gasteiger partial charge in [0.05, 0.1) is 24.3 Å². The van der Waals surface area contributed by atoms with Crippen LogP contribution in [0.4, 0.5) is 0 Å². The van der Waals surface area contributed by atoms with Crippen LogP contribution in [-0.4, -0.2) is 72.2 Å². The predicted octanol–water partition coefficient (Wildman–Crippen LogP) is 5.42. The molecule has 0 spiro atoms. The van der Waals surface area contributed by atoms with E-state index in [0.717, 1.165) is 25.7 Å². The molecule has 1 aromatic rings. The summed E-state index contributed by atoms with van der Waals surface area (Å²) in [4.78, 5) is 24.7. The minimum atomic E-state index is -4.67. The molecule has 8 nitrogen and oxygen atoms in total. The third kappa shape index (κ3) is 21.6. The van der Waals surface area contributed by atoms with E-state index >= 15 is 0 Å². The van der Waals surface area contributed by atoms with Gasteiger partial charge in [-0.25, -0.2) is 9.59 Å². The van der Waals surface area contributed by atoms with Crippen molar-refractivity contribution in [3.05, 3.63) is 35.4 Å². The number of unbranched alkanes of at least 4 members (excludes halogenated alkanes) is 10. The Hall–Kier alpha value is -0.970. The number of hydrogen-bond acceptors (Lipinski definition) is 6. The van der Waals surface area contributed by atoms with E-state index in [1.54, 1.807) is 24.3 Å². The van der Waals surface area contributed by atoms with E-state index in [4.69, 9.17) is 27.0 Å². The fraction of sp³-hybridized carbons (Fsp3) is 0.667. The van der Waals surface area contributed by atoms with Gasteiger partial charge in [-0.15, -0.1) is 0 Å². The third-order valence-corrected chi connectivity index (χ3v) is 4.83. The number of benzene rings is 1. The molecule has 0 atom stereocenters. The van der Waals surface area contributed by atoms with Crippen molar-refractivity contribution in [3.8, 4) is 0 Å². The molecule has 0 radical (unpaired) electrons. The van der Waals surface area contributed by atoms with Crippen molar-refractivity contribution in [1.82, 2.24) is 0 Å². The Balaban J connectivity index is 0. The molecule has 192 valence electrons. The second-order valence-electron chi connectivity index (χ2n) is 7.80. The van der Waals surface area contributed by atoms with Crippen LogP contribution >= 0.6 is 0 Å². The Morgan fingerprint density at radius 1 is 0.676 bits per heavy atom. The number of carbonyl (C=O) groups excluding carboxylic acids is 2. The summed E-state index contributed by atoms with van der Waals surface area (Å²) in [6.07, 6.45) is 13.6. The standard InChI is InChI=1S/C24H38O4.Na.H2O4S.H/c1-3-5-7-9-11-15-19-27-23(25)21-17-13-14-18-22(21)24(26)28-20-16-12-10-8-6-4-2;;1-5(2,3)4;/h13-14,17-18H,3-12,15-16,19-20H2,1-2H3;;(H2,1,2,3,4);. The van der Waals surface area contributed by atoms with E-state index in [1.807, 2.05) is 0 Å². The Bertz CT molecular complexity index is 711. The molecule has 1 rings (SSSR count). The van der Waals surface area contributed by atoms with E-state index in [-0.39, 0.29) is 29.6 Å². The molecule has 0 fully saturated rings. The fourth-order valence-corrected chi connectivity index (χ4v) is 3.09.